The van der Waals surface area contributed by atoms with Gasteiger partial charge in [0.25, 0.3) is 0 Å². The molecule has 25 heavy (non-hydrogen) atoms. The maximum atomic E-state index is 6.00. The number of hydrogen-bond acceptors (Lipinski definition) is 2. The molecule has 0 saturated carbocycles. The normalized spacial score (nSPS) is 10.8. The molecule has 2 nitrogen and oxygen atoms in total. The summed E-state index contributed by atoms with van der Waals surface area (Å²) in [6.45, 7) is 4.98. The average molecular weight is 340 g/mol. The fourth-order valence-corrected chi connectivity index (χ4v) is 2.96. The van der Waals surface area contributed by atoms with Crippen LogP contribution in [-0.2, 0) is 13.0 Å². The molecule has 0 aliphatic carbocycles. The van der Waals surface area contributed by atoms with E-state index < -0.39 is 0 Å². The molecule has 0 saturated heterocycles. The zero-order chi connectivity index (χ0) is 17.6. The summed E-state index contributed by atoms with van der Waals surface area (Å²) >= 11 is 0. The molecule has 136 valence electrons. The molecule has 2 aromatic carbocycles. The summed E-state index contributed by atoms with van der Waals surface area (Å²) in [6, 6.07) is 19.1. The topological polar surface area (TPSA) is 21.3 Å². The van der Waals surface area contributed by atoms with Crippen molar-refractivity contribution >= 4 is 0 Å². The molecule has 0 atom stereocenters. The van der Waals surface area contributed by atoms with Gasteiger partial charge in [-0.3, -0.25) is 0 Å². The fourth-order valence-electron chi connectivity index (χ4n) is 2.96. The largest absolute Gasteiger partial charge is 0.493 e. The van der Waals surface area contributed by atoms with E-state index in [1.807, 2.05) is 0 Å². The van der Waals surface area contributed by atoms with E-state index in [-0.39, 0.29) is 0 Å². The van der Waals surface area contributed by atoms with Crippen LogP contribution in [0.4, 0.5) is 0 Å². The van der Waals surface area contributed by atoms with Crippen molar-refractivity contribution in [3.05, 3.63) is 65.7 Å². The molecule has 2 heteroatoms. The number of aryl methyl sites for hydroxylation is 1. The quantitative estimate of drug-likeness (QED) is 0.469. The Labute approximate surface area is 153 Å². The van der Waals surface area contributed by atoms with Gasteiger partial charge in [-0.15, -0.1) is 0 Å². The summed E-state index contributed by atoms with van der Waals surface area (Å²) in [5.41, 5.74) is 2.67. The summed E-state index contributed by atoms with van der Waals surface area (Å²) in [6.07, 6.45) is 8.66. The third kappa shape index (κ3) is 8.22. The SMILES string of the molecule is CCCCCCCOc1ccccc1CNCCCc1ccccc1. The van der Waals surface area contributed by atoms with Crippen molar-refractivity contribution in [2.75, 3.05) is 13.2 Å². The van der Waals surface area contributed by atoms with Gasteiger partial charge in [0.2, 0.25) is 0 Å². The molecule has 0 spiro atoms. The van der Waals surface area contributed by atoms with E-state index in [1.165, 1.54) is 36.8 Å². The minimum Gasteiger partial charge on any atom is -0.493 e. The number of benzene rings is 2. The lowest BCUT2D eigenvalue weighted by Crippen LogP contribution is -2.16. The first-order valence-corrected chi connectivity index (χ1v) is 9.85. The Bertz CT molecular complexity index is 567. The Kier molecular flexibility index (Phi) is 9.80. The Morgan fingerprint density at radius 1 is 0.800 bits per heavy atom. The highest BCUT2D eigenvalue weighted by atomic mass is 16.5. The highest BCUT2D eigenvalue weighted by Gasteiger charge is 2.02. The molecule has 0 fully saturated rings. The van der Waals surface area contributed by atoms with Gasteiger partial charge in [0, 0.05) is 12.1 Å². The van der Waals surface area contributed by atoms with Crippen molar-refractivity contribution in [3.63, 3.8) is 0 Å². The summed E-state index contributed by atoms with van der Waals surface area (Å²) in [7, 11) is 0. The standard InChI is InChI=1S/C23H33NO/c1-2-3-4-5-11-19-25-23-17-10-9-16-22(23)20-24-18-12-15-21-13-7-6-8-14-21/h6-10,13-14,16-17,24H,2-5,11-12,15,18-20H2,1H3. The molecule has 2 aromatic rings. The van der Waals surface area contributed by atoms with Crippen molar-refractivity contribution in [3.8, 4) is 5.75 Å². The summed E-state index contributed by atoms with van der Waals surface area (Å²) in [5.74, 6) is 1.04. The third-order valence-corrected chi connectivity index (χ3v) is 4.46. The van der Waals surface area contributed by atoms with Gasteiger partial charge in [-0.1, -0.05) is 81.1 Å². The van der Waals surface area contributed by atoms with E-state index in [0.717, 1.165) is 44.7 Å². The second-order valence-electron chi connectivity index (χ2n) is 6.64. The lowest BCUT2D eigenvalue weighted by Gasteiger charge is -2.12. The van der Waals surface area contributed by atoms with Gasteiger partial charge in [0.05, 0.1) is 6.61 Å². The molecule has 0 aromatic heterocycles. The van der Waals surface area contributed by atoms with E-state index in [0.29, 0.717) is 0 Å². The predicted molar refractivity (Wildman–Crippen MR) is 107 cm³/mol. The molecule has 0 aliphatic rings. The van der Waals surface area contributed by atoms with E-state index in [1.54, 1.807) is 0 Å². The Morgan fingerprint density at radius 2 is 1.56 bits per heavy atom. The molecular formula is C23H33NO. The first-order chi connectivity index (χ1) is 12.4. The predicted octanol–water partition coefficient (Wildman–Crippen LogP) is 5.76. The van der Waals surface area contributed by atoms with Crippen molar-refractivity contribution in [1.82, 2.24) is 5.32 Å². The molecule has 2 rings (SSSR count). The lowest BCUT2D eigenvalue weighted by atomic mass is 10.1. The lowest BCUT2D eigenvalue weighted by molar-refractivity contribution is 0.301. The number of para-hydroxylation sites is 1. The van der Waals surface area contributed by atoms with E-state index in [4.69, 9.17) is 4.74 Å². The van der Waals surface area contributed by atoms with Crippen LogP contribution in [0.5, 0.6) is 5.75 Å². The average Bonchev–Trinajstić information content (AvgIpc) is 2.66. The van der Waals surface area contributed by atoms with Gasteiger partial charge >= 0.3 is 0 Å². The second kappa shape index (κ2) is 12.5. The van der Waals surface area contributed by atoms with Crippen LogP contribution in [0.3, 0.4) is 0 Å². The summed E-state index contributed by atoms with van der Waals surface area (Å²) < 4.78 is 6.00. The first kappa shape index (κ1) is 19.5. The Morgan fingerprint density at radius 3 is 2.40 bits per heavy atom. The molecule has 1 N–H and O–H groups in total. The number of unbranched alkanes of at least 4 members (excludes halogenated alkanes) is 4. The molecule has 0 heterocycles. The fraction of sp³-hybridized carbons (Fsp3) is 0.478. The number of ether oxygens (including phenoxy) is 1. The highest BCUT2D eigenvalue weighted by molar-refractivity contribution is 5.33. The second-order valence-corrected chi connectivity index (χ2v) is 6.64. The number of hydrogen-bond donors (Lipinski definition) is 1. The molecule has 0 aliphatic heterocycles. The summed E-state index contributed by atoms with van der Waals surface area (Å²) in [4.78, 5) is 0. The van der Waals surface area contributed by atoms with Crippen LogP contribution in [-0.4, -0.2) is 13.2 Å². The molecule has 0 radical (unpaired) electrons. The Hall–Kier alpha value is -1.80. The van der Waals surface area contributed by atoms with Crippen molar-refractivity contribution in [2.24, 2.45) is 0 Å². The van der Waals surface area contributed by atoms with Crippen LogP contribution in [0, 0.1) is 0 Å². The van der Waals surface area contributed by atoms with Crippen LogP contribution in [0.2, 0.25) is 0 Å². The van der Waals surface area contributed by atoms with Gasteiger partial charge < -0.3 is 10.1 Å². The van der Waals surface area contributed by atoms with Crippen LogP contribution in [0.1, 0.15) is 56.6 Å². The molecule has 0 amide bonds. The first-order valence-electron chi connectivity index (χ1n) is 9.85. The van der Waals surface area contributed by atoms with Gasteiger partial charge in [0.1, 0.15) is 5.75 Å². The van der Waals surface area contributed by atoms with E-state index in [2.05, 4.69) is 66.8 Å². The van der Waals surface area contributed by atoms with Gasteiger partial charge in [0.15, 0.2) is 0 Å². The highest BCUT2D eigenvalue weighted by Crippen LogP contribution is 2.18. The van der Waals surface area contributed by atoms with Crippen molar-refractivity contribution < 1.29 is 4.74 Å². The molecule has 0 unspecified atom stereocenters. The maximum Gasteiger partial charge on any atom is 0.123 e. The number of rotatable bonds is 13. The molecular weight excluding hydrogens is 306 g/mol. The van der Waals surface area contributed by atoms with Crippen molar-refractivity contribution in [1.29, 1.82) is 0 Å². The third-order valence-electron chi connectivity index (χ3n) is 4.46. The zero-order valence-corrected chi connectivity index (χ0v) is 15.7. The Balaban J connectivity index is 1.64. The monoisotopic (exact) mass is 339 g/mol. The van der Waals surface area contributed by atoms with Crippen LogP contribution in [0.15, 0.2) is 54.6 Å². The smallest absolute Gasteiger partial charge is 0.123 e. The minimum atomic E-state index is 0.828. The van der Waals surface area contributed by atoms with Gasteiger partial charge in [-0.2, -0.15) is 0 Å². The molecule has 0 bridgehead atoms. The zero-order valence-electron chi connectivity index (χ0n) is 15.7. The van der Waals surface area contributed by atoms with Crippen LogP contribution >= 0.6 is 0 Å². The van der Waals surface area contributed by atoms with E-state index >= 15 is 0 Å². The van der Waals surface area contributed by atoms with Crippen molar-refractivity contribution in [2.45, 2.75) is 58.4 Å². The van der Waals surface area contributed by atoms with Gasteiger partial charge in [-0.05, 0) is 37.4 Å². The van der Waals surface area contributed by atoms with Crippen LogP contribution < -0.4 is 10.1 Å². The minimum absolute atomic E-state index is 0.828. The summed E-state index contributed by atoms with van der Waals surface area (Å²) in [5, 5.41) is 3.55. The maximum absolute atomic E-state index is 6.00. The van der Waals surface area contributed by atoms with Gasteiger partial charge in [-0.25, -0.2) is 0 Å². The van der Waals surface area contributed by atoms with Crippen LogP contribution in [0.25, 0.3) is 0 Å². The number of nitrogens with one attached hydrogen (secondary N) is 1. The van der Waals surface area contributed by atoms with E-state index in [9.17, 15) is 0 Å².